The van der Waals surface area contributed by atoms with E-state index in [9.17, 15) is 4.79 Å². The highest BCUT2D eigenvalue weighted by Gasteiger charge is 2.06. The minimum Gasteiger partial charge on any atom is -0.481 e. The summed E-state index contributed by atoms with van der Waals surface area (Å²) in [6.07, 6.45) is 1.92. The van der Waals surface area contributed by atoms with Gasteiger partial charge in [0.2, 0.25) is 0 Å². The zero-order valence-corrected chi connectivity index (χ0v) is 10.3. The van der Waals surface area contributed by atoms with Crippen molar-refractivity contribution in [3.63, 3.8) is 0 Å². The minimum atomic E-state index is -0.712. The standard InChI is InChI=1S/C12H15BrO2/c1-9(4-2-7-12(14)15)10-5-3-6-11(13)8-10/h3,5-6,8-9H,2,4,7H2,1H3,(H,14,15). The van der Waals surface area contributed by atoms with E-state index in [-0.39, 0.29) is 6.42 Å². The maximum Gasteiger partial charge on any atom is 0.303 e. The predicted molar refractivity (Wildman–Crippen MR) is 64.0 cm³/mol. The van der Waals surface area contributed by atoms with Crippen molar-refractivity contribution < 1.29 is 9.90 Å². The van der Waals surface area contributed by atoms with Crippen molar-refractivity contribution in [3.05, 3.63) is 34.3 Å². The molecule has 1 N–H and O–H groups in total. The van der Waals surface area contributed by atoms with E-state index in [2.05, 4.69) is 35.0 Å². The lowest BCUT2D eigenvalue weighted by Gasteiger charge is -2.11. The molecule has 0 aliphatic rings. The van der Waals surface area contributed by atoms with Gasteiger partial charge in [0.1, 0.15) is 0 Å². The normalized spacial score (nSPS) is 12.4. The number of carboxylic acid groups (broad SMARTS) is 1. The van der Waals surface area contributed by atoms with Crippen LogP contribution in [0, 0.1) is 0 Å². The highest BCUT2D eigenvalue weighted by Crippen LogP contribution is 2.23. The number of carbonyl (C=O) groups is 1. The number of aliphatic carboxylic acids is 1. The van der Waals surface area contributed by atoms with Crippen molar-refractivity contribution in [3.8, 4) is 0 Å². The molecule has 1 atom stereocenters. The van der Waals surface area contributed by atoms with Crippen LogP contribution in [0.1, 0.15) is 37.7 Å². The summed E-state index contributed by atoms with van der Waals surface area (Å²) >= 11 is 3.43. The molecule has 0 aliphatic carbocycles. The summed E-state index contributed by atoms with van der Waals surface area (Å²) in [4.78, 5) is 10.4. The van der Waals surface area contributed by atoms with Crippen molar-refractivity contribution in [1.82, 2.24) is 0 Å². The molecule has 3 heteroatoms. The van der Waals surface area contributed by atoms with Crippen molar-refractivity contribution >= 4 is 21.9 Å². The van der Waals surface area contributed by atoms with E-state index in [1.54, 1.807) is 0 Å². The van der Waals surface area contributed by atoms with Crippen molar-refractivity contribution in [1.29, 1.82) is 0 Å². The fourth-order valence-corrected chi connectivity index (χ4v) is 1.96. The van der Waals surface area contributed by atoms with Crippen LogP contribution in [-0.4, -0.2) is 11.1 Å². The van der Waals surface area contributed by atoms with Crippen molar-refractivity contribution in [2.75, 3.05) is 0 Å². The molecule has 0 fully saturated rings. The minimum absolute atomic E-state index is 0.262. The summed E-state index contributed by atoms with van der Waals surface area (Å²) in [6, 6.07) is 8.17. The first-order chi connectivity index (χ1) is 7.09. The molecule has 1 aromatic carbocycles. The molecular formula is C12H15BrO2. The van der Waals surface area contributed by atoms with Gasteiger partial charge < -0.3 is 5.11 Å². The molecule has 15 heavy (non-hydrogen) atoms. The average Bonchev–Trinajstić information content (AvgIpc) is 2.17. The van der Waals surface area contributed by atoms with Gasteiger partial charge in [-0.15, -0.1) is 0 Å². The number of halogens is 1. The van der Waals surface area contributed by atoms with Gasteiger partial charge in [0.05, 0.1) is 0 Å². The Balaban J connectivity index is 2.46. The predicted octanol–water partition coefficient (Wildman–Crippen LogP) is 3.81. The van der Waals surface area contributed by atoms with Crippen LogP contribution < -0.4 is 0 Å². The number of hydrogen-bond acceptors (Lipinski definition) is 1. The fourth-order valence-electron chi connectivity index (χ4n) is 1.54. The SMILES string of the molecule is CC(CCCC(=O)O)c1cccc(Br)c1. The van der Waals surface area contributed by atoms with Crippen LogP contribution in [0.3, 0.4) is 0 Å². The second kappa shape index (κ2) is 5.91. The zero-order chi connectivity index (χ0) is 11.3. The molecule has 0 radical (unpaired) electrons. The van der Waals surface area contributed by atoms with E-state index < -0.39 is 5.97 Å². The van der Waals surface area contributed by atoms with Gasteiger partial charge in [0, 0.05) is 10.9 Å². The van der Waals surface area contributed by atoms with Crippen LogP contribution >= 0.6 is 15.9 Å². The van der Waals surface area contributed by atoms with Gasteiger partial charge in [0.25, 0.3) is 0 Å². The molecule has 0 saturated carbocycles. The maximum atomic E-state index is 10.4. The fraction of sp³-hybridized carbons (Fsp3) is 0.417. The molecule has 0 amide bonds. The Kier molecular flexibility index (Phi) is 4.82. The zero-order valence-electron chi connectivity index (χ0n) is 8.74. The van der Waals surface area contributed by atoms with Gasteiger partial charge in [-0.1, -0.05) is 35.0 Å². The number of benzene rings is 1. The third kappa shape index (κ3) is 4.47. The number of hydrogen-bond donors (Lipinski definition) is 1. The van der Waals surface area contributed by atoms with Crippen LogP contribution in [-0.2, 0) is 4.79 Å². The topological polar surface area (TPSA) is 37.3 Å². The van der Waals surface area contributed by atoms with E-state index in [0.29, 0.717) is 5.92 Å². The van der Waals surface area contributed by atoms with E-state index in [4.69, 9.17) is 5.11 Å². The summed E-state index contributed by atoms with van der Waals surface area (Å²) < 4.78 is 1.07. The van der Waals surface area contributed by atoms with Crippen LogP contribution in [0.2, 0.25) is 0 Å². The van der Waals surface area contributed by atoms with E-state index in [1.165, 1.54) is 5.56 Å². The molecule has 2 nitrogen and oxygen atoms in total. The van der Waals surface area contributed by atoms with Gasteiger partial charge >= 0.3 is 5.97 Å². The Morgan fingerprint density at radius 2 is 2.27 bits per heavy atom. The van der Waals surface area contributed by atoms with Crippen LogP contribution in [0.4, 0.5) is 0 Å². The smallest absolute Gasteiger partial charge is 0.303 e. The molecule has 0 spiro atoms. The van der Waals surface area contributed by atoms with E-state index >= 15 is 0 Å². The second-order valence-electron chi connectivity index (χ2n) is 3.74. The molecular weight excluding hydrogens is 256 g/mol. The third-order valence-electron chi connectivity index (χ3n) is 2.45. The quantitative estimate of drug-likeness (QED) is 0.884. The van der Waals surface area contributed by atoms with Crippen molar-refractivity contribution in [2.45, 2.75) is 32.1 Å². The third-order valence-corrected chi connectivity index (χ3v) is 2.94. The summed E-state index contributed by atoms with van der Waals surface area (Å²) in [6.45, 7) is 2.13. The molecule has 0 saturated heterocycles. The van der Waals surface area contributed by atoms with Gasteiger partial charge in [-0.05, 0) is 36.5 Å². The van der Waals surface area contributed by atoms with Gasteiger partial charge in [-0.25, -0.2) is 0 Å². The first-order valence-corrected chi connectivity index (χ1v) is 5.86. The summed E-state index contributed by atoms with van der Waals surface area (Å²) in [5.74, 6) is -0.293. The number of carboxylic acids is 1. The first kappa shape index (κ1) is 12.2. The molecule has 1 aromatic rings. The summed E-state index contributed by atoms with van der Waals surface area (Å²) in [5.41, 5.74) is 1.26. The van der Waals surface area contributed by atoms with Gasteiger partial charge in [-0.3, -0.25) is 4.79 Å². The van der Waals surface area contributed by atoms with Gasteiger partial charge in [-0.2, -0.15) is 0 Å². The monoisotopic (exact) mass is 270 g/mol. The Morgan fingerprint density at radius 3 is 2.87 bits per heavy atom. The first-order valence-electron chi connectivity index (χ1n) is 5.07. The van der Waals surface area contributed by atoms with Crippen LogP contribution in [0.5, 0.6) is 0 Å². The lowest BCUT2D eigenvalue weighted by atomic mass is 9.96. The highest BCUT2D eigenvalue weighted by molar-refractivity contribution is 9.10. The molecule has 0 bridgehead atoms. The van der Waals surface area contributed by atoms with E-state index in [0.717, 1.165) is 17.3 Å². The Labute approximate surface area is 98.4 Å². The molecule has 0 heterocycles. The molecule has 0 aliphatic heterocycles. The summed E-state index contributed by atoms with van der Waals surface area (Å²) in [7, 11) is 0. The highest BCUT2D eigenvalue weighted by atomic mass is 79.9. The average molecular weight is 271 g/mol. The van der Waals surface area contributed by atoms with Crippen molar-refractivity contribution in [2.24, 2.45) is 0 Å². The number of rotatable bonds is 5. The van der Waals surface area contributed by atoms with Crippen LogP contribution in [0.25, 0.3) is 0 Å². The molecule has 0 aromatic heterocycles. The molecule has 1 rings (SSSR count). The maximum absolute atomic E-state index is 10.4. The lowest BCUT2D eigenvalue weighted by molar-refractivity contribution is -0.137. The second-order valence-corrected chi connectivity index (χ2v) is 4.66. The van der Waals surface area contributed by atoms with Crippen LogP contribution in [0.15, 0.2) is 28.7 Å². The largest absolute Gasteiger partial charge is 0.481 e. The Bertz CT molecular complexity index is 336. The molecule has 1 unspecified atom stereocenters. The van der Waals surface area contributed by atoms with Gasteiger partial charge in [0.15, 0.2) is 0 Å². The lowest BCUT2D eigenvalue weighted by Crippen LogP contribution is -1.98. The Hall–Kier alpha value is -0.830. The van der Waals surface area contributed by atoms with E-state index in [1.807, 2.05) is 12.1 Å². The summed E-state index contributed by atoms with van der Waals surface area (Å²) in [5, 5.41) is 8.53. The Morgan fingerprint density at radius 1 is 1.53 bits per heavy atom. The molecule has 82 valence electrons.